The van der Waals surface area contributed by atoms with Gasteiger partial charge in [-0.1, -0.05) is 48.0 Å². The summed E-state index contributed by atoms with van der Waals surface area (Å²) in [5.74, 6) is 0. The average molecular weight is 358 g/mol. The molecular weight excluding hydrogens is 340 g/mol. The number of nitrogens with one attached hydrogen (secondary N) is 1. The highest BCUT2D eigenvalue weighted by molar-refractivity contribution is 7.89. The Morgan fingerprint density at radius 3 is 2.46 bits per heavy atom. The molecule has 3 aromatic rings. The molecule has 1 aromatic heterocycles. The number of aromatic nitrogens is 1. The molecule has 0 bridgehead atoms. The minimum Gasteiger partial charge on any atom is -0.245 e. The highest BCUT2D eigenvalue weighted by Crippen LogP contribution is 2.16. The lowest BCUT2D eigenvalue weighted by Crippen LogP contribution is -2.23. The van der Waals surface area contributed by atoms with Crippen LogP contribution in [-0.2, 0) is 23.0 Å². The van der Waals surface area contributed by atoms with Gasteiger partial charge < -0.3 is 0 Å². The van der Waals surface area contributed by atoms with E-state index < -0.39 is 10.0 Å². The van der Waals surface area contributed by atoms with Crippen LogP contribution in [0.5, 0.6) is 0 Å². The molecule has 0 atom stereocenters. The quantitative estimate of drug-likeness (QED) is 0.733. The number of nitrogens with zero attached hydrogens (tertiary/aromatic N) is 1. The summed E-state index contributed by atoms with van der Waals surface area (Å²) in [6, 6.07) is 16.9. The third kappa shape index (κ3) is 4.29. The average Bonchev–Trinajstić information content (AvgIpc) is 3.02. The molecule has 3 rings (SSSR count). The van der Waals surface area contributed by atoms with Crippen LogP contribution in [0, 0.1) is 6.92 Å². The van der Waals surface area contributed by atoms with Crippen LogP contribution in [0.1, 0.15) is 21.8 Å². The van der Waals surface area contributed by atoms with Gasteiger partial charge in [-0.25, -0.2) is 18.1 Å². The first-order chi connectivity index (χ1) is 11.5. The fraction of sp³-hybridized carbons (Fsp3) is 0.167. The van der Waals surface area contributed by atoms with E-state index in [9.17, 15) is 8.42 Å². The largest absolute Gasteiger partial charge is 0.245 e. The van der Waals surface area contributed by atoms with Crippen LogP contribution in [0.25, 0.3) is 0 Å². The van der Waals surface area contributed by atoms with Crippen molar-refractivity contribution in [1.82, 2.24) is 9.71 Å². The Balaban J connectivity index is 1.64. The van der Waals surface area contributed by atoms with Crippen LogP contribution in [0.2, 0.25) is 0 Å². The Morgan fingerprint density at radius 2 is 1.75 bits per heavy atom. The molecule has 2 aromatic carbocycles. The van der Waals surface area contributed by atoms with Crippen molar-refractivity contribution in [3.63, 3.8) is 0 Å². The zero-order chi connectivity index (χ0) is 17.0. The second-order valence-electron chi connectivity index (χ2n) is 5.53. The monoisotopic (exact) mass is 358 g/mol. The van der Waals surface area contributed by atoms with E-state index >= 15 is 0 Å². The summed E-state index contributed by atoms with van der Waals surface area (Å²) in [5.41, 5.74) is 2.96. The summed E-state index contributed by atoms with van der Waals surface area (Å²) >= 11 is 1.55. The molecule has 0 amide bonds. The summed E-state index contributed by atoms with van der Waals surface area (Å²) in [6.45, 7) is 2.12. The molecule has 0 saturated heterocycles. The number of thiazole rings is 1. The zero-order valence-electron chi connectivity index (χ0n) is 13.3. The topological polar surface area (TPSA) is 59.1 Å². The summed E-state index contributed by atoms with van der Waals surface area (Å²) in [6.07, 6.45) is 0.760. The third-order valence-corrected chi connectivity index (χ3v) is 5.89. The standard InChI is InChI=1S/C18H18N2O2S2/c1-14-7-9-17(10-8-14)24(21,22)19-12-16-13-23-18(20-16)11-15-5-3-2-4-6-15/h2-10,13,19H,11-12H2,1H3. The SMILES string of the molecule is Cc1ccc(S(=O)(=O)NCc2csc(Cc3ccccc3)n2)cc1. The first-order valence-corrected chi connectivity index (χ1v) is 9.93. The molecule has 0 spiro atoms. The molecule has 0 saturated carbocycles. The van der Waals surface area contributed by atoms with E-state index in [1.165, 1.54) is 5.56 Å². The molecule has 4 nitrogen and oxygen atoms in total. The van der Waals surface area contributed by atoms with E-state index in [1.54, 1.807) is 35.6 Å². The van der Waals surface area contributed by atoms with E-state index in [0.29, 0.717) is 0 Å². The summed E-state index contributed by atoms with van der Waals surface area (Å²) < 4.78 is 27.2. The molecule has 24 heavy (non-hydrogen) atoms. The van der Waals surface area contributed by atoms with Gasteiger partial charge in [-0.3, -0.25) is 0 Å². The van der Waals surface area contributed by atoms with Gasteiger partial charge in [-0.2, -0.15) is 0 Å². The van der Waals surface area contributed by atoms with Crippen LogP contribution >= 0.6 is 11.3 Å². The maximum absolute atomic E-state index is 12.3. The van der Waals surface area contributed by atoms with Crippen molar-refractivity contribution in [2.45, 2.75) is 24.8 Å². The Hall–Kier alpha value is -2.02. The van der Waals surface area contributed by atoms with Crippen LogP contribution in [-0.4, -0.2) is 13.4 Å². The van der Waals surface area contributed by atoms with Crippen LogP contribution in [0.3, 0.4) is 0 Å². The van der Waals surface area contributed by atoms with Crippen LogP contribution < -0.4 is 4.72 Å². The maximum atomic E-state index is 12.3. The molecule has 0 aliphatic carbocycles. The Labute approximate surface area is 146 Å². The van der Waals surface area contributed by atoms with E-state index in [2.05, 4.69) is 21.8 Å². The van der Waals surface area contributed by atoms with Crippen molar-refractivity contribution >= 4 is 21.4 Å². The van der Waals surface area contributed by atoms with Gasteiger partial charge in [-0.15, -0.1) is 11.3 Å². The molecule has 1 heterocycles. The van der Waals surface area contributed by atoms with Gasteiger partial charge in [0.15, 0.2) is 0 Å². The normalized spacial score (nSPS) is 11.5. The molecular formula is C18H18N2O2S2. The highest BCUT2D eigenvalue weighted by Gasteiger charge is 2.14. The van der Waals surface area contributed by atoms with Gasteiger partial charge >= 0.3 is 0 Å². The van der Waals surface area contributed by atoms with Crippen molar-refractivity contribution in [3.8, 4) is 0 Å². The number of aryl methyl sites for hydroxylation is 1. The summed E-state index contributed by atoms with van der Waals surface area (Å²) in [5, 5.41) is 2.88. The Morgan fingerprint density at radius 1 is 1.04 bits per heavy atom. The molecule has 1 N–H and O–H groups in total. The molecule has 0 aliphatic heterocycles. The number of sulfonamides is 1. The van der Waals surface area contributed by atoms with Crippen molar-refractivity contribution in [2.24, 2.45) is 0 Å². The molecule has 0 radical (unpaired) electrons. The van der Waals surface area contributed by atoms with Crippen molar-refractivity contribution in [3.05, 3.63) is 81.8 Å². The summed E-state index contributed by atoms with van der Waals surface area (Å²) in [4.78, 5) is 4.78. The Bertz CT molecular complexity index is 902. The minimum atomic E-state index is -3.51. The molecule has 6 heteroatoms. The van der Waals surface area contributed by atoms with E-state index in [1.807, 2.05) is 30.5 Å². The van der Waals surface area contributed by atoms with E-state index in [-0.39, 0.29) is 11.4 Å². The third-order valence-electron chi connectivity index (χ3n) is 3.57. The minimum absolute atomic E-state index is 0.196. The van der Waals surface area contributed by atoms with Crippen molar-refractivity contribution in [1.29, 1.82) is 0 Å². The predicted octanol–water partition coefficient (Wildman–Crippen LogP) is 3.52. The van der Waals surface area contributed by atoms with Gasteiger partial charge in [0.1, 0.15) is 0 Å². The molecule has 0 aliphatic rings. The lowest BCUT2D eigenvalue weighted by atomic mass is 10.2. The second kappa shape index (κ2) is 7.25. The van der Waals surface area contributed by atoms with Crippen LogP contribution in [0.15, 0.2) is 64.9 Å². The fourth-order valence-electron chi connectivity index (χ4n) is 2.25. The molecule has 0 unspecified atom stereocenters. The number of hydrogen-bond acceptors (Lipinski definition) is 4. The second-order valence-corrected chi connectivity index (χ2v) is 8.24. The number of hydrogen-bond donors (Lipinski definition) is 1. The smallest absolute Gasteiger partial charge is 0.240 e. The van der Waals surface area contributed by atoms with E-state index in [0.717, 1.165) is 22.7 Å². The first-order valence-electron chi connectivity index (χ1n) is 7.56. The van der Waals surface area contributed by atoms with Gasteiger partial charge in [0.25, 0.3) is 0 Å². The number of benzene rings is 2. The predicted molar refractivity (Wildman–Crippen MR) is 96.6 cm³/mol. The Kier molecular flexibility index (Phi) is 5.08. The lowest BCUT2D eigenvalue weighted by molar-refractivity contribution is 0.580. The van der Waals surface area contributed by atoms with Crippen LogP contribution in [0.4, 0.5) is 0 Å². The zero-order valence-corrected chi connectivity index (χ0v) is 14.9. The van der Waals surface area contributed by atoms with Gasteiger partial charge in [-0.05, 0) is 24.6 Å². The summed E-state index contributed by atoms with van der Waals surface area (Å²) in [7, 11) is -3.51. The van der Waals surface area contributed by atoms with Gasteiger partial charge in [0.05, 0.1) is 22.1 Å². The molecule has 0 fully saturated rings. The van der Waals surface area contributed by atoms with Crippen molar-refractivity contribution in [2.75, 3.05) is 0 Å². The maximum Gasteiger partial charge on any atom is 0.240 e. The lowest BCUT2D eigenvalue weighted by Gasteiger charge is -2.05. The highest BCUT2D eigenvalue weighted by atomic mass is 32.2. The van der Waals surface area contributed by atoms with E-state index in [4.69, 9.17) is 0 Å². The number of rotatable bonds is 6. The van der Waals surface area contributed by atoms with Crippen molar-refractivity contribution < 1.29 is 8.42 Å². The molecule has 124 valence electrons. The van der Waals surface area contributed by atoms with Gasteiger partial charge in [0.2, 0.25) is 10.0 Å². The fourth-order valence-corrected chi connectivity index (χ4v) is 4.08. The first kappa shape index (κ1) is 16.8. The van der Waals surface area contributed by atoms with Gasteiger partial charge in [0, 0.05) is 11.8 Å².